The fraction of sp³-hybridized carbons (Fsp3) is 0.556. The Hall–Kier alpha value is -1.51. The van der Waals surface area contributed by atoms with Gasteiger partial charge in [0, 0.05) is 25.2 Å². The molecule has 1 heterocycles. The molecule has 1 saturated carbocycles. The van der Waals surface area contributed by atoms with Crippen molar-refractivity contribution in [2.45, 2.75) is 44.6 Å². The minimum atomic E-state index is 0. The predicted octanol–water partition coefficient (Wildman–Crippen LogP) is 2.68. The summed E-state index contributed by atoms with van der Waals surface area (Å²) in [4.78, 5) is 15.6. The van der Waals surface area contributed by atoms with Crippen molar-refractivity contribution in [3.8, 4) is 5.75 Å². The van der Waals surface area contributed by atoms with E-state index in [0.717, 1.165) is 29.4 Å². The van der Waals surface area contributed by atoms with Crippen molar-refractivity contribution >= 4 is 41.5 Å². The molecule has 7 heteroatoms. The molecule has 0 saturated heterocycles. The number of carbonyl (C=O) groups is 1. The van der Waals surface area contributed by atoms with Crippen LogP contribution in [-0.2, 0) is 11.2 Å². The van der Waals surface area contributed by atoms with Gasteiger partial charge in [-0.25, -0.2) is 0 Å². The average molecular weight is 458 g/mol. The monoisotopic (exact) mass is 458 g/mol. The number of anilines is 1. The van der Waals surface area contributed by atoms with Crippen LogP contribution >= 0.6 is 24.0 Å². The Morgan fingerprint density at radius 3 is 2.88 bits per heavy atom. The zero-order valence-electron chi connectivity index (χ0n) is 14.6. The van der Waals surface area contributed by atoms with Gasteiger partial charge in [-0.2, -0.15) is 0 Å². The van der Waals surface area contributed by atoms with Crippen LogP contribution in [0, 0.1) is 0 Å². The van der Waals surface area contributed by atoms with E-state index in [0.29, 0.717) is 25.6 Å². The fourth-order valence-electron chi connectivity index (χ4n) is 3.25. The molecule has 6 nitrogen and oxygen atoms in total. The van der Waals surface area contributed by atoms with E-state index in [1.54, 1.807) is 7.05 Å². The second-order valence-corrected chi connectivity index (χ2v) is 6.34. The van der Waals surface area contributed by atoms with Crippen LogP contribution in [0.4, 0.5) is 5.69 Å². The number of nitrogens with zero attached hydrogens (tertiary/aromatic N) is 1. The van der Waals surface area contributed by atoms with Crippen LogP contribution < -0.4 is 20.7 Å². The maximum Gasteiger partial charge on any atom is 0.224 e. The highest BCUT2D eigenvalue weighted by molar-refractivity contribution is 14.0. The number of hydrogen-bond donors (Lipinski definition) is 3. The van der Waals surface area contributed by atoms with Crippen LogP contribution in [0.1, 0.15) is 37.7 Å². The van der Waals surface area contributed by atoms with E-state index in [9.17, 15) is 4.79 Å². The normalized spacial score (nSPS) is 17.3. The second-order valence-electron chi connectivity index (χ2n) is 6.34. The third-order valence-corrected chi connectivity index (χ3v) is 4.56. The summed E-state index contributed by atoms with van der Waals surface area (Å²) in [5.74, 6) is 1.77. The van der Waals surface area contributed by atoms with Crippen molar-refractivity contribution in [2.75, 3.05) is 25.5 Å². The zero-order valence-corrected chi connectivity index (χ0v) is 17.0. The van der Waals surface area contributed by atoms with Gasteiger partial charge >= 0.3 is 0 Å². The first kappa shape index (κ1) is 19.8. The molecule has 0 unspecified atom stereocenters. The van der Waals surface area contributed by atoms with Crippen LogP contribution in [0.2, 0.25) is 0 Å². The van der Waals surface area contributed by atoms with E-state index >= 15 is 0 Å². The first-order chi connectivity index (χ1) is 11.7. The minimum Gasteiger partial charge on any atom is -0.492 e. The maximum atomic E-state index is 11.4. The summed E-state index contributed by atoms with van der Waals surface area (Å²) in [6.45, 7) is 1.26. The number of fused-ring (bicyclic) bond motifs is 1. The van der Waals surface area contributed by atoms with E-state index < -0.39 is 0 Å². The molecule has 0 atom stereocenters. The van der Waals surface area contributed by atoms with E-state index in [-0.39, 0.29) is 29.9 Å². The lowest BCUT2D eigenvalue weighted by Gasteiger charge is -2.18. The van der Waals surface area contributed by atoms with Gasteiger partial charge in [0.2, 0.25) is 5.91 Å². The zero-order chi connectivity index (χ0) is 16.8. The largest absolute Gasteiger partial charge is 0.492 e. The van der Waals surface area contributed by atoms with Crippen molar-refractivity contribution < 1.29 is 9.53 Å². The van der Waals surface area contributed by atoms with Gasteiger partial charge in [-0.1, -0.05) is 12.8 Å². The Morgan fingerprint density at radius 1 is 1.32 bits per heavy atom. The smallest absolute Gasteiger partial charge is 0.224 e. The molecule has 138 valence electrons. The Labute approximate surface area is 166 Å². The number of amides is 1. The molecule has 3 N–H and O–H groups in total. The van der Waals surface area contributed by atoms with Crippen molar-refractivity contribution in [1.82, 2.24) is 10.6 Å². The van der Waals surface area contributed by atoms with Gasteiger partial charge in [0.1, 0.15) is 12.4 Å². The van der Waals surface area contributed by atoms with E-state index in [2.05, 4.69) is 20.9 Å². The lowest BCUT2D eigenvalue weighted by atomic mass is 10.0. The lowest BCUT2D eigenvalue weighted by molar-refractivity contribution is -0.116. The van der Waals surface area contributed by atoms with Crippen molar-refractivity contribution in [2.24, 2.45) is 4.99 Å². The molecular formula is C18H27IN4O2. The average Bonchev–Trinajstić information content (AvgIpc) is 3.10. The summed E-state index contributed by atoms with van der Waals surface area (Å²) in [5.41, 5.74) is 2.04. The van der Waals surface area contributed by atoms with Crippen molar-refractivity contribution in [3.05, 3.63) is 23.8 Å². The third-order valence-electron chi connectivity index (χ3n) is 4.56. The quantitative estimate of drug-likeness (QED) is 0.275. The molecule has 3 rings (SSSR count). The minimum absolute atomic E-state index is 0. The van der Waals surface area contributed by atoms with Crippen LogP contribution in [0.15, 0.2) is 23.2 Å². The number of aliphatic imine (C=N–C) groups is 1. The SMILES string of the molecule is CN=C(NCCOc1ccc2c(c1)CCC(=O)N2)NC1CCCC1.I. The Kier molecular flexibility index (Phi) is 7.80. The second kappa shape index (κ2) is 9.84. The summed E-state index contributed by atoms with van der Waals surface area (Å²) in [6.07, 6.45) is 6.37. The van der Waals surface area contributed by atoms with Gasteiger partial charge in [-0.15, -0.1) is 24.0 Å². The summed E-state index contributed by atoms with van der Waals surface area (Å²) in [7, 11) is 1.79. The number of benzene rings is 1. The maximum absolute atomic E-state index is 11.4. The fourth-order valence-corrected chi connectivity index (χ4v) is 3.25. The number of ether oxygens (including phenoxy) is 1. The molecule has 0 aromatic heterocycles. The van der Waals surface area contributed by atoms with Crippen LogP contribution in [0.25, 0.3) is 0 Å². The number of hydrogen-bond acceptors (Lipinski definition) is 3. The molecule has 25 heavy (non-hydrogen) atoms. The summed E-state index contributed by atoms with van der Waals surface area (Å²) in [5, 5.41) is 9.62. The van der Waals surface area contributed by atoms with Crippen molar-refractivity contribution in [3.63, 3.8) is 0 Å². The highest BCUT2D eigenvalue weighted by Gasteiger charge is 2.16. The molecular weight excluding hydrogens is 431 g/mol. The predicted molar refractivity (Wildman–Crippen MR) is 111 cm³/mol. The molecule has 1 aromatic carbocycles. The number of guanidine groups is 1. The molecule has 2 aliphatic rings. The van der Waals surface area contributed by atoms with Gasteiger partial charge < -0.3 is 20.7 Å². The first-order valence-corrected chi connectivity index (χ1v) is 8.77. The Bertz CT molecular complexity index is 615. The first-order valence-electron chi connectivity index (χ1n) is 8.77. The van der Waals surface area contributed by atoms with Gasteiger partial charge in [0.05, 0.1) is 6.54 Å². The number of halogens is 1. The van der Waals surface area contributed by atoms with Crippen LogP contribution in [0.3, 0.4) is 0 Å². The van der Waals surface area contributed by atoms with Crippen LogP contribution in [-0.4, -0.2) is 38.1 Å². The lowest BCUT2D eigenvalue weighted by Crippen LogP contribution is -2.43. The molecule has 0 radical (unpaired) electrons. The molecule has 1 aliphatic heterocycles. The molecule has 1 amide bonds. The summed E-state index contributed by atoms with van der Waals surface area (Å²) >= 11 is 0. The molecule has 0 spiro atoms. The van der Waals surface area contributed by atoms with E-state index in [1.807, 2.05) is 18.2 Å². The van der Waals surface area contributed by atoms with Gasteiger partial charge in [0.25, 0.3) is 0 Å². The summed E-state index contributed by atoms with van der Waals surface area (Å²) in [6, 6.07) is 6.37. The standard InChI is InChI=1S/C18H26N4O2.HI/c1-19-18(21-14-4-2-3-5-14)20-10-11-24-15-7-8-16-13(12-15)6-9-17(23)22-16;/h7-8,12,14H,2-6,9-11H2,1H3,(H,22,23)(H2,19,20,21);1H. The van der Waals surface area contributed by atoms with Crippen molar-refractivity contribution in [1.29, 1.82) is 0 Å². The highest BCUT2D eigenvalue weighted by Crippen LogP contribution is 2.26. The Balaban J connectivity index is 0.00000225. The highest BCUT2D eigenvalue weighted by atomic mass is 127. The molecule has 0 bridgehead atoms. The van der Waals surface area contributed by atoms with Gasteiger partial charge in [-0.05, 0) is 43.0 Å². The molecule has 1 fully saturated rings. The summed E-state index contributed by atoms with van der Waals surface area (Å²) < 4.78 is 5.81. The third kappa shape index (κ3) is 5.76. The number of aryl methyl sites for hydroxylation is 1. The number of nitrogens with one attached hydrogen (secondary N) is 3. The molecule has 1 aliphatic carbocycles. The van der Waals surface area contributed by atoms with Gasteiger partial charge in [-0.3, -0.25) is 9.79 Å². The number of rotatable bonds is 5. The van der Waals surface area contributed by atoms with Gasteiger partial charge in [0.15, 0.2) is 5.96 Å². The number of carbonyl (C=O) groups excluding carboxylic acids is 1. The van der Waals surface area contributed by atoms with E-state index in [1.165, 1.54) is 25.7 Å². The van der Waals surface area contributed by atoms with Crippen LogP contribution in [0.5, 0.6) is 5.75 Å². The molecule has 1 aromatic rings. The van der Waals surface area contributed by atoms with E-state index in [4.69, 9.17) is 4.74 Å². The Morgan fingerprint density at radius 2 is 2.12 bits per heavy atom. The topological polar surface area (TPSA) is 74.8 Å².